The maximum atomic E-state index is 8.94. The van der Waals surface area contributed by atoms with Gasteiger partial charge in [0.25, 0.3) is 0 Å². The van der Waals surface area contributed by atoms with Crippen LogP contribution in [-0.4, -0.2) is 0 Å². The zero-order chi connectivity index (χ0) is 12.4. The summed E-state index contributed by atoms with van der Waals surface area (Å²) in [5.74, 6) is 0. The third kappa shape index (κ3) is 1.47. The largest absolute Gasteiger partial charge is 0.193 e. The average Bonchev–Trinajstić information content (AvgIpc) is 2.56. The van der Waals surface area contributed by atoms with Crippen molar-refractivity contribution in [2.45, 2.75) is 6.42 Å². The molecule has 0 aromatic heterocycles. The Balaban J connectivity index is 2.24. The topological polar surface area (TPSA) is 23.8 Å². The Morgan fingerprint density at radius 2 is 2.06 bits per heavy atom. The molecule has 86 valence electrons. The first-order valence-corrected chi connectivity index (χ1v) is 6.09. The van der Waals surface area contributed by atoms with Gasteiger partial charge in [-0.1, -0.05) is 60.8 Å². The molecule has 0 heterocycles. The van der Waals surface area contributed by atoms with Crippen molar-refractivity contribution in [2.24, 2.45) is 5.41 Å². The number of hydrogen-bond acceptors (Lipinski definition) is 1. The fourth-order valence-electron chi connectivity index (χ4n) is 2.83. The number of hydrogen-bond donors (Lipinski definition) is 0. The normalized spacial score (nSPS) is 30.1. The minimum atomic E-state index is -0.0876. The van der Waals surface area contributed by atoms with E-state index in [1.54, 1.807) is 6.08 Å². The van der Waals surface area contributed by atoms with Crippen LogP contribution in [0.25, 0.3) is 0 Å². The van der Waals surface area contributed by atoms with Gasteiger partial charge >= 0.3 is 0 Å². The van der Waals surface area contributed by atoms with Crippen molar-refractivity contribution >= 4 is 0 Å². The monoisotopic (exact) mass is 231 g/mol. The summed E-state index contributed by atoms with van der Waals surface area (Å²) in [6.45, 7) is 0. The molecule has 3 aliphatic carbocycles. The molecule has 0 N–H and O–H groups in total. The lowest BCUT2D eigenvalue weighted by Gasteiger charge is -2.37. The quantitative estimate of drug-likeness (QED) is 0.579. The summed E-state index contributed by atoms with van der Waals surface area (Å²) in [6.07, 6.45) is 23.7. The molecule has 0 saturated heterocycles. The molecule has 0 bridgehead atoms. The van der Waals surface area contributed by atoms with Crippen LogP contribution < -0.4 is 0 Å². The highest BCUT2D eigenvalue weighted by Gasteiger charge is 2.37. The van der Waals surface area contributed by atoms with E-state index in [4.69, 9.17) is 5.26 Å². The van der Waals surface area contributed by atoms with E-state index in [9.17, 15) is 0 Å². The Morgan fingerprint density at radius 3 is 2.94 bits per heavy atom. The number of allylic oxidation sites excluding steroid dienone is 14. The van der Waals surface area contributed by atoms with E-state index in [0.717, 1.165) is 12.0 Å². The first-order valence-electron chi connectivity index (χ1n) is 6.09. The van der Waals surface area contributed by atoms with Gasteiger partial charge in [0, 0.05) is 11.5 Å². The zero-order valence-corrected chi connectivity index (χ0v) is 10.0. The smallest absolute Gasteiger partial charge is 0.0918 e. The van der Waals surface area contributed by atoms with Crippen LogP contribution in [0.3, 0.4) is 0 Å². The van der Waals surface area contributed by atoms with Gasteiger partial charge in [-0.05, 0) is 23.1 Å². The van der Waals surface area contributed by atoms with E-state index in [2.05, 4.69) is 54.7 Å². The summed E-state index contributed by atoms with van der Waals surface area (Å²) < 4.78 is 0. The van der Waals surface area contributed by atoms with Crippen LogP contribution in [0.5, 0.6) is 0 Å². The minimum Gasteiger partial charge on any atom is -0.193 e. The fourth-order valence-corrected chi connectivity index (χ4v) is 2.83. The van der Waals surface area contributed by atoms with E-state index in [1.807, 2.05) is 12.2 Å². The van der Waals surface area contributed by atoms with Crippen molar-refractivity contribution in [2.75, 3.05) is 0 Å². The summed E-state index contributed by atoms with van der Waals surface area (Å²) >= 11 is 0. The third-order valence-corrected chi connectivity index (χ3v) is 3.68. The average molecular weight is 231 g/mol. The van der Waals surface area contributed by atoms with E-state index in [1.165, 1.54) is 11.1 Å². The molecule has 3 aliphatic rings. The van der Waals surface area contributed by atoms with Crippen LogP contribution >= 0.6 is 0 Å². The van der Waals surface area contributed by atoms with Crippen LogP contribution in [0.1, 0.15) is 6.42 Å². The van der Waals surface area contributed by atoms with Gasteiger partial charge in [0.1, 0.15) is 0 Å². The van der Waals surface area contributed by atoms with Crippen LogP contribution in [0.2, 0.25) is 0 Å². The van der Waals surface area contributed by atoms with E-state index in [0.29, 0.717) is 0 Å². The molecule has 1 spiro atoms. The molecule has 18 heavy (non-hydrogen) atoms. The van der Waals surface area contributed by atoms with Gasteiger partial charge < -0.3 is 0 Å². The van der Waals surface area contributed by atoms with Crippen molar-refractivity contribution in [1.29, 1.82) is 5.26 Å². The van der Waals surface area contributed by atoms with E-state index >= 15 is 0 Å². The molecule has 1 nitrogen and oxygen atoms in total. The fraction of sp³-hybridized carbons (Fsp3) is 0.118. The highest BCUT2D eigenvalue weighted by Crippen LogP contribution is 2.49. The first kappa shape index (κ1) is 10.8. The van der Waals surface area contributed by atoms with Crippen molar-refractivity contribution in [3.8, 4) is 6.07 Å². The summed E-state index contributed by atoms with van der Waals surface area (Å²) in [4.78, 5) is 0. The molecule has 0 aromatic carbocycles. The number of rotatable bonds is 0. The predicted molar refractivity (Wildman–Crippen MR) is 73.5 cm³/mol. The van der Waals surface area contributed by atoms with Crippen LogP contribution in [-0.2, 0) is 0 Å². The Labute approximate surface area is 107 Å². The highest BCUT2D eigenvalue weighted by atomic mass is 14.4. The maximum Gasteiger partial charge on any atom is 0.0918 e. The van der Waals surface area contributed by atoms with Crippen molar-refractivity contribution in [1.82, 2.24) is 0 Å². The van der Waals surface area contributed by atoms with Crippen LogP contribution in [0.4, 0.5) is 0 Å². The van der Waals surface area contributed by atoms with Crippen LogP contribution in [0, 0.1) is 16.7 Å². The summed E-state index contributed by atoms with van der Waals surface area (Å²) in [5.41, 5.74) is 3.42. The Kier molecular flexibility index (Phi) is 2.50. The van der Waals surface area contributed by atoms with Crippen molar-refractivity contribution in [3.05, 3.63) is 83.6 Å². The molecular weight excluding hydrogens is 218 g/mol. The molecular formula is C17H13N. The second-order valence-electron chi connectivity index (χ2n) is 4.61. The summed E-state index contributed by atoms with van der Waals surface area (Å²) in [6, 6.07) is 2.15. The van der Waals surface area contributed by atoms with Gasteiger partial charge in [0.05, 0.1) is 6.07 Å². The van der Waals surface area contributed by atoms with Gasteiger partial charge in [-0.15, -0.1) is 0 Å². The number of nitriles is 1. The van der Waals surface area contributed by atoms with E-state index in [-0.39, 0.29) is 5.41 Å². The third-order valence-electron chi connectivity index (χ3n) is 3.68. The molecule has 1 atom stereocenters. The predicted octanol–water partition coefficient (Wildman–Crippen LogP) is 3.93. The molecule has 0 saturated carbocycles. The lowest BCUT2D eigenvalue weighted by Crippen LogP contribution is -2.25. The van der Waals surface area contributed by atoms with Gasteiger partial charge in [-0.3, -0.25) is 0 Å². The van der Waals surface area contributed by atoms with Gasteiger partial charge in [-0.2, -0.15) is 5.26 Å². The Bertz CT molecular complexity index is 627. The SMILES string of the molecule is N#CC=C1C=CC=C2C=CC=CC23CC=CC=C13. The molecule has 1 unspecified atom stereocenters. The van der Waals surface area contributed by atoms with Gasteiger partial charge in [-0.25, -0.2) is 0 Å². The molecule has 0 fully saturated rings. The Morgan fingerprint density at radius 1 is 1.11 bits per heavy atom. The number of nitrogens with zero attached hydrogens (tertiary/aromatic N) is 1. The van der Waals surface area contributed by atoms with Crippen molar-refractivity contribution in [3.63, 3.8) is 0 Å². The molecule has 0 amide bonds. The molecule has 3 rings (SSSR count). The second-order valence-corrected chi connectivity index (χ2v) is 4.61. The first-order chi connectivity index (χ1) is 8.87. The summed E-state index contributed by atoms with van der Waals surface area (Å²) in [7, 11) is 0. The minimum absolute atomic E-state index is 0.0876. The lowest BCUT2D eigenvalue weighted by atomic mass is 9.66. The molecule has 0 aromatic rings. The summed E-state index contributed by atoms with van der Waals surface area (Å²) in [5, 5.41) is 8.94. The van der Waals surface area contributed by atoms with E-state index < -0.39 is 0 Å². The zero-order valence-electron chi connectivity index (χ0n) is 10.0. The van der Waals surface area contributed by atoms with Gasteiger partial charge in [0.2, 0.25) is 0 Å². The van der Waals surface area contributed by atoms with Crippen molar-refractivity contribution < 1.29 is 0 Å². The lowest BCUT2D eigenvalue weighted by molar-refractivity contribution is 0.570. The molecule has 1 heteroatoms. The maximum absolute atomic E-state index is 8.94. The highest BCUT2D eigenvalue weighted by molar-refractivity contribution is 5.62. The van der Waals surface area contributed by atoms with Gasteiger partial charge in [0.15, 0.2) is 0 Å². The second kappa shape index (κ2) is 4.16. The Hall–Kier alpha value is -2.33. The molecule has 0 radical (unpaired) electrons. The molecule has 0 aliphatic heterocycles. The standard InChI is InChI=1S/C17H13N/c18-13-10-14-6-5-8-15-7-1-3-11-17(15)12-4-2-9-16(14)17/h1-11H,12H2. The van der Waals surface area contributed by atoms with Crippen LogP contribution in [0.15, 0.2) is 83.6 Å².